The molecule has 1 aliphatic carbocycles. The summed E-state index contributed by atoms with van der Waals surface area (Å²) in [5, 5.41) is 8.90. The molecule has 1 fully saturated rings. The molecule has 2 heteroatoms. The normalized spacial score (nSPS) is 19.5. The fourth-order valence-electron chi connectivity index (χ4n) is 2.39. The zero-order chi connectivity index (χ0) is 11.1. The van der Waals surface area contributed by atoms with Gasteiger partial charge in [0.05, 0.1) is 12.0 Å². The molecule has 0 radical (unpaired) electrons. The Labute approximate surface area is 92.7 Å². The Bertz CT molecular complexity index is 235. The van der Waals surface area contributed by atoms with Crippen LogP contribution >= 0.6 is 0 Å². The molecule has 0 spiro atoms. The summed E-state index contributed by atoms with van der Waals surface area (Å²) in [6, 6.07) is 2.25. The van der Waals surface area contributed by atoms with E-state index in [0.717, 1.165) is 25.7 Å². The van der Waals surface area contributed by atoms with Crippen LogP contribution in [0.4, 0.5) is 0 Å². The SMILES string of the molecule is CCC[C@H](C#N)CC(=O)C1CCCCC1. The number of nitrogens with zero attached hydrogens (tertiary/aromatic N) is 1. The van der Waals surface area contributed by atoms with E-state index in [4.69, 9.17) is 5.26 Å². The summed E-state index contributed by atoms with van der Waals surface area (Å²) in [5.41, 5.74) is 0. The molecular formula is C13H21NO. The van der Waals surface area contributed by atoms with Gasteiger partial charge in [-0.15, -0.1) is 0 Å². The monoisotopic (exact) mass is 207 g/mol. The second-order valence-corrected chi connectivity index (χ2v) is 4.62. The number of ketones is 1. The molecule has 1 aliphatic rings. The van der Waals surface area contributed by atoms with Crippen LogP contribution < -0.4 is 0 Å². The van der Waals surface area contributed by atoms with Gasteiger partial charge in [-0.2, -0.15) is 5.26 Å². The number of hydrogen-bond acceptors (Lipinski definition) is 2. The highest BCUT2D eigenvalue weighted by Crippen LogP contribution is 2.27. The van der Waals surface area contributed by atoms with Crippen LogP contribution in [0.2, 0.25) is 0 Å². The lowest BCUT2D eigenvalue weighted by molar-refractivity contribution is -0.124. The predicted molar refractivity (Wildman–Crippen MR) is 60.2 cm³/mol. The van der Waals surface area contributed by atoms with Crippen LogP contribution in [0.1, 0.15) is 58.3 Å². The zero-order valence-corrected chi connectivity index (χ0v) is 9.67. The van der Waals surface area contributed by atoms with Gasteiger partial charge >= 0.3 is 0 Å². The third-order valence-electron chi connectivity index (χ3n) is 3.33. The van der Waals surface area contributed by atoms with E-state index in [2.05, 4.69) is 13.0 Å². The van der Waals surface area contributed by atoms with Crippen LogP contribution in [-0.4, -0.2) is 5.78 Å². The molecule has 0 bridgehead atoms. The first kappa shape index (κ1) is 12.2. The molecule has 0 aromatic heterocycles. The van der Waals surface area contributed by atoms with Crippen molar-refractivity contribution in [2.45, 2.75) is 58.3 Å². The molecule has 0 saturated heterocycles. The van der Waals surface area contributed by atoms with Crippen molar-refractivity contribution < 1.29 is 4.79 Å². The summed E-state index contributed by atoms with van der Waals surface area (Å²) in [5.74, 6) is 0.575. The van der Waals surface area contributed by atoms with E-state index in [1.807, 2.05) is 0 Å². The molecule has 1 rings (SSSR count). The molecule has 0 aromatic carbocycles. The fourth-order valence-corrected chi connectivity index (χ4v) is 2.39. The molecule has 1 saturated carbocycles. The third-order valence-corrected chi connectivity index (χ3v) is 3.33. The summed E-state index contributed by atoms with van der Waals surface area (Å²) < 4.78 is 0. The van der Waals surface area contributed by atoms with Crippen molar-refractivity contribution in [1.29, 1.82) is 5.26 Å². The maximum atomic E-state index is 11.9. The first-order valence-electron chi connectivity index (χ1n) is 6.20. The summed E-state index contributed by atoms with van der Waals surface area (Å²) in [6.45, 7) is 2.06. The smallest absolute Gasteiger partial charge is 0.137 e. The van der Waals surface area contributed by atoms with Gasteiger partial charge in [-0.3, -0.25) is 4.79 Å². The van der Waals surface area contributed by atoms with Crippen molar-refractivity contribution in [3.63, 3.8) is 0 Å². The molecular weight excluding hydrogens is 186 g/mol. The van der Waals surface area contributed by atoms with Gasteiger partial charge in [0, 0.05) is 12.3 Å². The van der Waals surface area contributed by atoms with Crippen molar-refractivity contribution in [2.24, 2.45) is 11.8 Å². The molecule has 84 valence electrons. The highest BCUT2D eigenvalue weighted by molar-refractivity contribution is 5.81. The van der Waals surface area contributed by atoms with Crippen LogP contribution in [0, 0.1) is 23.2 Å². The van der Waals surface area contributed by atoms with Gasteiger partial charge in [0.2, 0.25) is 0 Å². The topological polar surface area (TPSA) is 40.9 Å². The van der Waals surface area contributed by atoms with Gasteiger partial charge in [0.15, 0.2) is 0 Å². The van der Waals surface area contributed by atoms with Gasteiger partial charge in [-0.1, -0.05) is 32.6 Å². The Morgan fingerprint density at radius 3 is 2.60 bits per heavy atom. The maximum absolute atomic E-state index is 11.9. The van der Waals surface area contributed by atoms with Crippen molar-refractivity contribution >= 4 is 5.78 Å². The Morgan fingerprint density at radius 1 is 1.40 bits per heavy atom. The van der Waals surface area contributed by atoms with E-state index in [1.54, 1.807) is 0 Å². The maximum Gasteiger partial charge on any atom is 0.137 e. The quantitative estimate of drug-likeness (QED) is 0.692. The Balaban J connectivity index is 2.36. The van der Waals surface area contributed by atoms with E-state index in [0.29, 0.717) is 12.2 Å². The standard InChI is InChI=1S/C13H21NO/c1-2-6-11(10-14)9-13(15)12-7-4-3-5-8-12/h11-12H,2-9H2,1H3/t11-/m0/s1. The average molecular weight is 207 g/mol. The second kappa shape index (κ2) is 6.61. The second-order valence-electron chi connectivity index (χ2n) is 4.62. The number of Topliss-reactive ketones (excluding diaryl/α,β-unsaturated/α-hetero) is 1. The van der Waals surface area contributed by atoms with Crippen molar-refractivity contribution in [3.8, 4) is 6.07 Å². The highest BCUT2D eigenvalue weighted by Gasteiger charge is 2.23. The van der Waals surface area contributed by atoms with Gasteiger partial charge in [-0.05, 0) is 19.3 Å². The van der Waals surface area contributed by atoms with E-state index in [-0.39, 0.29) is 11.8 Å². The molecule has 0 heterocycles. The van der Waals surface area contributed by atoms with E-state index in [9.17, 15) is 4.79 Å². The molecule has 0 aromatic rings. The number of rotatable bonds is 5. The van der Waals surface area contributed by atoms with Gasteiger partial charge in [-0.25, -0.2) is 0 Å². The summed E-state index contributed by atoms with van der Waals surface area (Å²) in [7, 11) is 0. The lowest BCUT2D eigenvalue weighted by Crippen LogP contribution is -2.20. The molecule has 0 amide bonds. The fraction of sp³-hybridized carbons (Fsp3) is 0.846. The number of carbonyl (C=O) groups is 1. The molecule has 2 nitrogen and oxygen atoms in total. The minimum atomic E-state index is -0.0376. The van der Waals surface area contributed by atoms with Crippen LogP contribution in [0.5, 0.6) is 0 Å². The van der Waals surface area contributed by atoms with E-state index in [1.165, 1.54) is 19.3 Å². The summed E-state index contributed by atoms with van der Waals surface area (Å²) >= 11 is 0. The van der Waals surface area contributed by atoms with Crippen LogP contribution in [0.25, 0.3) is 0 Å². The largest absolute Gasteiger partial charge is 0.299 e. The molecule has 1 atom stereocenters. The lowest BCUT2D eigenvalue weighted by Gasteiger charge is -2.21. The van der Waals surface area contributed by atoms with Crippen LogP contribution in [0.15, 0.2) is 0 Å². The molecule has 0 N–H and O–H groups in total. The van der Waals surface area contributed by atoms with Crippen molar-refractivity contribution in [2.75, 3.05) is 0 Å². The number of carbonyl (C=O) groups excluding carboxylic acids is 1. The first-order chi connectivity index (χ1) is 7.27. The van der Waals surface area contributed by atoms with Crippen molar-refractivity contribution in [3.05, 3.63) is 0 Å². The zero-order valence-electron chi connectivity index (χ0n) is 9.67. The third kappa shape index (κ3) is 4.03. The number of hydrogen-bond donors (Lipinski definition) is 0. The highest BCUT2D eigenvalue weighted by atomic mass is 16.1. The summed E-state index contributed by atoms with van der Waals surface area (Å²) in [4.78, 5) is 11.9. The molecule has 15 heavy (non-hydrogen) atoms. The van der Waals surface area contributed by atoms with Gasteiger partial charge < -0.3 is 0 Å². The molecule has 0 aliphatic heterocycles. The average Bonchev–Trinajstić information content (AvgIpc) is 2.29. The van der Waals surface area contributed by atoms with Crippen molar-refractivity contribution in [1.82, 2.24) is 0 Å². The lowest BCUT2D eigenvalue weighted by atomic mass is 9.83. The van der Waals surface area contributed by atoms with Gasteiger partial charge in [0.25, 0.3) is 0 Å². The van der Waals surface area contributed by atoms with E-state index < -0.39 is 0 Å². The minimum Gasteiger partial charge on any atom is -0.299 e. The first-order valence-corrected chi connectivity index (χ1v) is 6.20. The van der Waals surface area contributed by atoms with Gasteiger partial charge in [0.1, 0.15) is 5.78 Å². The number of nitriles is 1. The Hall–Kier alpha value is -0.840. The van der Waals surface area contributed by atoms with Crippen LogP contribution in [0.3, 0.4) is 0 Å². The Kier molecular flexibility index (Phi) is 5.39. The minimum absolute atomic E-state index is 0.0376. The van der Waals surface area contributed by atoms with Crippen LogP contribution in [-0.2, 0) is 4.79 Å². The van der Waals surface area contributed by atoms with E-state index >= 15 is 0 Å². The summed E-state index contributed by atoms with van der Waals surface area (Å²) in [6.07, 6.45) is 8.15. The Morgan fingerprint density at radius 2 is 2.07 bits per heavy atom. The predicted octanol–water partition coefficient (Wildman–Crippen LogP) is 3.47. The molecule has 0 unspecified atom stereocenters.